The number of carbonyl (C=O) groups excluding carboxylic acids is 1. The fraction of sp³-hybridized carbons (Fsp3) is 0.273. The number of aromatic nitrogens is 2. The van der Waals surface area contributed by atoms with Gasteiger partial charge in [-0.25, -0.2) is 9.37 Å². The highest BCUT2D eigenvalue weighted by Gasteiger charge is 2.37. The lowest BCUT2D eigenvalue weighted by molar-refractivity contribution is 0.0753. The number of nitrogen functional groups attached to an aromatic ring is 1. The number of pyridine rings is 1. The lowest BCUT2D eigenvalue weighted by Gasteiger charge is -2.36. The molecule has 0 aliphatic heterocycles. The van der Waals surface area contributed by atoms with Gasteiger partial charge >= 0.3 is 0 Å². The number of aliphatic hydroxyl groups is 1. The van der Waals surface area contributed by atoms with E-state index in [0.29, 0.717) is 23.2 Å². The van der Waals surface area contributed by atoms with Crippen LogP contribution in [0.5, 0.6) is 5.75 Å². The average Bonchev–Trinajstić information content (AvgIpc) is 3.14. The van der Waals surface area contributed by atoms with E-state index >= 15 is 0 Å². The fourth-order valence-electron chi connectivity index (χ4n) is 4.19. The summed E-state index contributed by atoms with van der Waals surface area (Å²) in [5, 5.41) is 23.7. The van der Waals surface area contributed by atoms with Crippen molar-refractivity contribution in [3.8, 4) is 11.4 Å². The zero-order valence-electron chi connectivity index (χ0n) is 16.7. The van der Waals surface area contributed by atoms with Crippen molar-refractivity contribution in [2.45, 2.75) is 37.8 Å². The van der Waals surface area contributed by atoms with E-state index in [-0.39, 0.29) is 23.7 Å². The number of aromatic hydroxyl groups is 1. The zero-order valence-corrected chi connectivity index (χ0v) is 16.7. The molecule has 5 N–H and O–H groups in total. The molecule has 0 fully saturated rings. The van der Waals surface area contributed by atoms with Crippen molar-refractivity contribution in [3.63, 3.8) is 0 Å². The molecule has 9 heteroatoms. The summed E-state index contributed by atoms with van der Waals surface area (Å²) in [6, 6.07) is 5.90. The first-order valence-electron chi connectivity index (χ1n) is 9.90. The van der Waals surface area contributed by atoms with Crippen molar-refractivity contribution in [1.82, 2.24) is 14.9 Å². The Hall–Kier alpha value is -3.46. The quantitative estimate of drug-likeness (QED) is 0.477. The number of phenolic OH excluding ortho intramolecular Hbond substituents is 1. The number of aliphatic hydroxyl groups excluding tert-OH is 1. The van der Waals surface area contributed by atoms with Gasteiger partial charge in [0.25, 0.3) is 5.91 Å². The summed E-state index contributed by atoms with van der Waals surface area (Å²) in [6.45, 7) is 1.89. The van der Waals surface area contributed by atoms with Crippen molar-refractivity contribution in [1.29, 1.82) is 0 Å². The van der Waals surface area contributed by atoms with Gasteiger partial charge in [-0.05, 0) is 48.6 Å². The predicted octanol–water partition coefficient (Wildman–Crippen LogP) is 3.17. The van der Waals surface area contributed by atoms with Crippen molar-refractivity contribution in [3.05, 3.63) is 71.2 Å². The van der Waals surface area contributed by atoms with Crippen LogP contribution >= 0.6 is 0 Å². The Balaban J connectivity index is 1.65. The monoisotopic (exact) mass is 428 g/mol. The van der Waals surface area contributed by atoms with Gasteiger partial charge in [0.1, 0.15) is 5.82 Å². The maximum absolute atomic E-state index is 14.0. The molecule has 1 aromatic carbocycles. The SMILES string of the molecule is CC[C@@H]1CC(O)C(NC(=O)c2ccn(-c3ccc(F)nc3)c2N)c2ccc(F)c(O)c21. The van der Waals surface area contributed by atoms with Crippen molar-refractivity contribution in [2.75, 3.05) is 5.73 Å². The molecule has 1 aliphatic carbocycles. The number of nitrogens with zero attached hydrogens (tertiary/aromatic N) is 2. The number of hydrogen-bond donors (Lipinski definition) is 4. The van der Waals surface area contributed by atoms with Crippen molar-refractivity contribution >= 4 is 11.7 Å². The highest BCUT2D eigenvalue weighted by Crippen LogP contribution is 2.44. The smallest absolute Gasteiger partial charge is 0.255 e. The topological polar surface area (TPSA) is 113 Å². The van der Waals surface area contributed by atoms with Crippen molar-refractivity contribution in [2.24, 2.45) is 0 Å². The molecule has 2 heterocycles. The number of halogens is 2. The molecular formula is C22H22F2N4O3. The molecule has 0 spiro atoms. The van der Waals surface area contributed by atoms with Gasteiger partial charge in [-0.3, -0.25) is 4.79 Å². The van der Waals surface area contributed by atoms with E-state index in [1.54, 1.807) is 6.20 Å². The van der Waals surface area contributed by atoms with Crippen molar-refractivity contribution < 1.29 is 23.8 Å². The van der Waals surface area contributed by atoms with Gasteiger partial charge in [0.2, 0.25) is 5.95 Å². The summed E-state index contributed by atoms with van der Waals surface area (Å²) in [4.78, 5) is 16.5. The fourth-order valence-corrected chi connectivity index (χ4v) is 4.19. The zero-order chi connectivity index (χ0) is 22.3. The van der Waals surface area contributed by atoms with E-state index in [1.807, 2.05) is 6.92 Å². The Morgan fingerprint density at radius 2 is 2.06 bits per heavy atom. The van der Waals surface area contributed by atoms with Crippen LogP contribution in [-0.2, 0) is 0 Å². The van der Waals surface area contributed by atoms with Crippen LogP contribution in [0.4, 0.5) is 14.6 Å². The van der Waals surface area contributed by atoms with E-state index in [1.165, 1.54) is 35.0 Å². The minimum Gasteiger partial charge on any atom is -0.505 e. The molecule has 3 atom stereocenters. The Labute approximate surface area is 177 Å². The molecule has 3 aromatic rings. The van der Waals surface area contributed by atoms with Crippen LogP contribution < -0.4 is 11.1 Å². The summed E-state index contributed by atoms with van der Waals surface area (Å²) < 4.78 is 28.5. The van der Waals surface area contributed by atoms with Gasteiger partial charge in [-0.1, -0.05) is 13.0 Å². The molecule has 31 heavy (non-hydrogen) atoms. The van der Waals surface area contributed by atoms with Gasteiger partial charge < -0.3 is 25.8 Å². The second-order valence-corrected chi connectivity index (χ2v) is 7.58. The van der Waals surface area contributed by atoms with Gasteiger partial charge in [0.05, 0.1) is 29.6 Å². The number of benzene rings is 1. The second-order valence-electron chi connectivity index (χ2n) is 7.58. The lowest BCUT2D eigenvalue weighted by atomic mass is 9.76. The number of nitrogens with one attached hydrogen (secondary N) is 1. The minimum atomic E-state index is -0.920. The molecule has 2 aromatic heterocycles. The lowest BCUT2D eigenvalue weighted by Crippen LogP contribution is -2.40. The molecule has 2 unspecified atom stereocenters. The maximum Gasteiger partial charge on any atom is 0.255 e. The van der Waals surface area contributed by atoms with Crippen LogP contribution in [0.3, 0.4) is 0 Å². The maximum atomic E-state index is 14.0. The highest BCUT2D eigenvalue weighted by molar-refractivity contribution is 5.99. The van der Waals surface area contributed by atoms with Crippen LogP contribution in [0, 0.1) is 11.8 Å². The van der Waals surface area contributed by atoms with Gasteiger partial charge in [-0.15, -0.1) is 0 Å². The molecule has 1 aliphatic rings. The molecule has 0 bridgehead atoms. The first-order valence-corrected chi connectivity index (χ1v) is 9.90. The molecule has 7 nitrogen and oxygen atoms in total. The van der Waals surface area contributed by atoms with Gasteiger partial charge in [0.15, 0.2) is 11.6 Å². The number of nitrogens with two attached hydrogens (primary N) is 1. The third-order valence-electron chi connectivity index (χ3n) is 5.80. The number of fused-ring (bicyclic) bond motifs is 1. The van der Waals surface area contributed by atoms with E-state index in [0.717, 1.165) is 6.07 Å². The Morgan fingerprint density at radius 3 is 2.74 bits per heavy atom. The van der Waals surface area contributed by atoms with Crippen LogP contribution in [0.25, 0.3) is 5.69 Å². The third-order valence-corrected chi connectivity index (χ3v) is 5.80. The number of rotatable bonds is 4. The predicted molar refractivity (Wildman–Crippen MR) is 110 cm³/mol. The molecule has 1 amide bonds. The average molecular weight is 428 g/mol. The first-order chi connectivity index (χ1) is 14.8. The summed E-state index contributed by atoms with van der Waals surface area (Å²) in [7, 11) is 0. The van der Waals surface area contributed by atoms with Crippen LogP contribution in [-0.4, -0.2) is 31.8 Å². The van der Waals surface area contributed by atoms with E-state index < -0.39 is 35.6 Å². The second kappa shape index (κ2) is 7.99. The van der Waals surface area contributed by atoms with Gasteiger partial charge in [-0.2, -0.15) is 4.39 Å². The Bertz CT molecular complexity index is 1130. The standard InChI is InChI=1S/C22H22F2N4O3/c1-2-11-9-16(29)19(13-4-5-15(23)20(30)18(11)13)27-22(31)14-7-8-28(21(14)25)12-3-6-17(24)26-10-12/h3-8,10-11,16,19,29-30H,2,9,25H2,1H3,(H,27,31)/t11-,16?,19?/m1/s1. The normalized spacial score (nSPS) is 20.3. The number of anilines is 1. The molecular weight excluding hydrogens is 406 g/mol. The third kappa shape index (κ3) is 3.61. The molecule has 4 rings (SSSR count). The number of carbonyl (C=O) groups is 1. The molecule has 0 saturated heterocycles. The summed E-state index contributed by atoms with van der Waals surface area (Å²) in [5.41, 5.74) is 7.63. The number of hydrogen-bond acceptors (Lipinski definition) is 5. The minimum absolute atomic E-state index is 0.116. The Kier molecular flexibility index (Phi) is 5.36. The number of phenols is 1. The molecule has 162 valence electrons. The Morgan fingerprint density at radius 1 is 1.29 bits per heavy atom. The summed E-state index contributed by atoms with van der Waals surface area (Å²) >= 11 is 0. The molecule has 0 radical (unpaired) electrons. The highest BCUT2D eigenvalue weighted by atomic mass is 19.1. The van der Waals surface area contributed by atoms with E-state index in [4.69, 9.17) is 5.73 Å². The van der Waals surface area contributed by atoms with Crippen LogP contribution in [0.15, 0.2) is 42.7 Å². The van der Waals surface area contributed by atoms with Gasteiger partial charge in [0, 0.05) is 11.8 Å². The first kappa shape index (κ1) is 20.8. The van der Waals surface area contributed by atoms with Crippen LogP contribution in [0.2, 0.25) is 0 Å². The number of amides is 1. The largest absolute Gasteiger partial charge is 0.505 e. The summed E-state index contributed by atoms with van der Waals surface area (Å²) in [5.74, 6) is -2.49. The van der Waals surface area contributed by atoms with E-state index in [9.17, 15) is 23.8 Å². The summed E-state index contributed by atoms with van der Waals surface area (Å²) in [6.07, 6.45) is 2.79. The van der Waals surface area contributed by atoms with Crippen LogP contribution in [0.1, 0.15) is 53.2 Å². The van der Waals surface area contributed by atoms with E-state index in [2.05, 4.69) is 10.3 Å². The molecule has 0 saturated carbocycles.